The maximum atomic E-state index is 3.44. The van der Waals surface area contributed by atoms with Crippen LogP contribution in [0.1, 0.15) is 18.9 Å². The molecule has 0 saturated carbocycles. The van der Waals surface area contributed by atoms with Crippen LogP contribution in [0.5, 0.6) is 0 Å². The molecule has 0 aliphatic carbocycles. The molecule has 0 saturated heterocycles. The smallest absolute Gasteiger partial charge is 0.0415 e. The molecule has 1 aromatic carbocycles. The highest BCUT2D eigenvalue weighted by atomic mass is 127. The van der Waals surface area contributed by atoms with E-state index >= 15 is 0 Å². The summed E-state index contributed by atoms with van der Waals surface area (Å²) in [6.07, 6.45) is 5.54. The fourth-order valence-electron chi connectivity index (χ4n) is 1.79. The van der Waals surface area contributed by atoms with Gasteiger partial charge in [0.1, 0.15) is 0 Å². The third-order valence-electron chi connectivity index (χ3n) is 2.61. The van der Waals surface area contributed by atoms with Crippen LogP contribution < -0.4 is 5.32 Å². The van der Waals surface area contributed by atoms with Gasteiger partial charge >= 0.3 is 0 Å². The van der Waals surface area contributed by atoms with Gasteiger partial charge in [-0.3, -0.25) is 0 Å². The van der Waals surface area contributed by atoms with Gasteiger partial charge in [0.15, 0.2) is 0 Å². The first-order valence-corrected chi connectivity index (χ1v) is 7.00. The van der Waals surface area contributed by atoms with Crippen LogP contribution in [-0.4, -0.2) is 4.57 Å². The van der Waals surface area contributed by atoms with Crippen LogP contribution in [0.15, 0.2) is 42.7 Å². The van der Waals surface area contributed by atoms with Crippen LogP contribution >= 0.6 is 22.6 Å². The van der Waals surface area contributed by atoms with Gasteiger partial charge in [0, 0.05) is 34.7 Å². The van der Waals surface area contributed by atoms with Gasteiger partial charge in [-0.05, 0) is 58.8 Å². The van der Waals surface area contributed by atoms with Gasteiger partial charge in [0.2, 0.25) is 0 Å². The lowest BCUT2D eigenvalue weighted by atomic mass is 10.3. The number of hydrogen-bond donors (Lipinski definition) is 1. The van der Waals surface area contributed by atoms with E-state index in [1.54, 1.807) is 0 Å². The van der Waals surface area contributed by atoms with Crippen molar-refractivity contribution in [3.05, 3.63) is 51.9 Å². The molecular formula is C14H17IN2. The Morgan fingerprint density at radius 1 is 1.29 bits per heavy atom. The molecule has 0 spiro atoms. The average molecular weight is 340 g/mol. The van der Waals surface area contributed by atoms with Crippen molar-refractivity contribution in [2.75, 3.05) is 5.32 Å². The highest BCUT2D eigenvalue weighted by Gasteiger charge is 1.97. The number of aryl methyl sites for hydroxylation is 1. The number of anilines is 1. The molecule has 0 fully saturated rings. The van der Waals surface area contributed by atoms with Crippen molar-refractivity contribution in [3.63, 3.8) is 0 Å². The summed E-state index contributed by atoms with van der Waals surface area (Å²) in [4.78, 5) is 0. The molecule has 1 aromatic heterocycles. The maximum absolute atomic E-state index is 3.44. The lowest BCUT2D eigenvalue weighted by Crippen LogP contribution is -1.99. The Labute approximate surface area is 116 Å². The summed E-state index contributed by atoms with van der Waals surface area (Å²) in [6, 6.07) is 10.6. The lowest BCUT2D eigenvalue weighted by molar-refractivity contribution is 0.682. The molecule has 0 aliphatic heterocycles. The first kappa shape index (κ1) is 12.5. The summed E-state index contributed by atoms with van der Waals surface area (Å²) in [5.74, 6) is 0. The number of benzene rings is 1. The van der Waals surface area contributed by atoms with Gasteiger partial charge < -0.3 is 9.88 Å². The number of aromatic nitrogens is 1. The number of nitrogens with one attached hydrogen (secondary N) is 1. The van der Waals surface area contributed by atoms with Crippen molar-refractivity contribution in [1.82, 2.24) is 4.57 Å². The van der Waals surface area contributed by atoms with Gasteiger partial charge in [0.05, 0.1) is 0 Å². The molecule has 1 N–H and O–H groups in total. The molecule has 17 heavy (non-hydrogen) atoms. The van der Waals surface area contributed by atoms with Crippen LogP contribution in [0.3, 0.4) is 0 Å². The molecule has 2 aromatic rings. The number of halogens is 1. The molecule has 0 amide bonds. The van der Waals surface area contributed by atoms with Gasteiger partial charge in [-0.2, -0.15) is 0 Å². The third-order valence-corrected chi connectivity index (χ3v) is 3.29. The van der Waals surface area contributed by atoms with E-state index in [2.05, 4.69) is 82.1 Å². The number of nitrogens with zero attached hydrogens (tertiary/aromatic N) is 1. The second-order valence-corrected chi connectivity index (χ2v) is 5.37. The second-order valence-electron chi connectivity index (χ2n) is 4.12. The van der Waals surface area contributed by atoms with Gasteiger partial charge in [-0.25, -0.2) is 0 Å². The predicted octanol–water partition coefficient (Wildman–Crippen LogP) is 4.11. The maximum Gasteiger partial charge on any atom is 0.0415 e. The first-order valence-electron chi connectivity index (χ1n) is 5.92. The zero-order chi connectivity index (χ0) is 12.1. The van der Waals surface area contributed by atoms with E-state index < -0.39 is 0 Å². The van der Waals surface area contributed by atoms with Crippen molar-refractivity contribution in [3.8, 4) is 0 Å². The van der Waals surface area contributed by atoms with Crippen LogP contribution in [-0.2, 0) is 13.1 Å². The fraction of sp³-hybridized carbons (Fsp3) is 0.286. The molecular weight excluding hydrogens is 323 g/mol. The van der Waals surface area contributed by atoms with Crippen molar-refractivity contribution in [2.45, 2.75) is 26.4 Å². The lowest BCUT2D eigenvalue weighted by Gasteiger charge is -2.05. The summed E-state index contributed by atoms with van der Waals surface area (Å²) in [6.45, 7) is 4.18. The van der Waals surface area contributed by atoms with Crippen LogP contribution in [0.25, 0.3) is 0 Å². The summed E-state index contributed by atoms with van der Waals surface area (Å²) >= 11 is 2.33. The summed E-state index contributed by atoms with van der Waals surface area (Å²) < 4.78 is 3.50. The Bertz CT molecular complexity index is 477. The van der Waals surface area contributed by atoms with E-state index in [0.717, 1.165) is 13.1 Å². The predicted molar refractivity (Wildman–Crippen MR) is 81.2 cm³/mol. The van der Waals surface area contributed by atoms with Crippen LogP contribution in [0.2, 0.25) is 0 Å². The quantitative estimate of drug-likeness (QED) is 0.811. The number of hydrogen-bond acceptors (Lipinski definition) is 1. The van der Waals surface area contributed by atoms with Crippen molar-refractivity contribution in [2.24, 2.45) is 0 Å². The van der Waals surface area contributed by atoms with Gasteiger partial charge in [-0.1, -0.05) is 13.0 Å². The van der Waals surface area contributed by atoms with Crippen molar-refractivity contribution in [1.29, 1.82) is 0 Å². The zero-order valence-corrected chi connectivity index (χ0v) is 12.1. The van der Waals surface area contributed by atoms with Crippen molar-refractivity contribution >= 4 is 28.3 Å². The minimum absolute atomic E-state index is 0.886. The Kier molecular flexibility index (Phi) is 4.48. The van der Waals surface area contributed by atoms with E-state index in [0.29, 0.717) is 0 Å². The molecule has 1 heterocycles. The molecule has 3 heteroatoms. The minimum Gasteiger partial charge on any atom is -0.381 e. The molecule has 0 aliphatic rings. The molecule has 0 atom stereocenters. The highest BCUT2D eigenvalue weighted by molar-refractivity contribution is 14.1. The Morgan fingerprint density at radius 2 is 2.18 bits per heavy atom. The standard InChI is InChI=1S/C14H17IN2/c1-2-7-17-8-6-12(11-17)10-16-14-5-3-4-13(15)9-14/h3-6,8-9,11,16H,2,7,10H2,1H3. The fourth-order valence-corrected chi connectivity index (χ4v) is 2.34. The summed E-state index contributed by atoms with van der Waals surface area (Å²) in [7, 11) is 0. The van der Waals surface area contributed by atoms with Crippen molar-refractivity contribution < 1.29 is 0 Å². The second kappa shape index (κ2) is 6.10. The summed E-state index contributed by atoms with van der Waals surface area (Å²) in [5, 5.41) is 3.44. The average Bonchev–Trinajstić information content (AvgIpc) is 2.75. The molecule has 0 unspecified atom stereocenters. The molecule has 0 radical (unpaired) electrons. The van der Waals surface area contributed by atoms with Crippen LogP contribution in [0.4, 0.5) is 5.69 Å². The molecule has 0 bridgehead atoms. The molecule has 2 nitrogen and oxygen atoms in total. The van der Waals surface area contributed by atoms with Gasteiger partial charge in [-0.15, -0.1) is 0 Å². The Balaban J connectivity index is 1.93. The molecule has 90 valence electrons. The molecule has 2 rings (SSSR count). The Hall–Kier alpha value is -0.970. The van der Waals surface area contributed by atoms with E-state index in [4.69, 9.17) is 0 Å². The van der Waals surface area contributed by atoms with E-state index in [9.17, 15) is 0 Å². The zero-order valence-electron chi connectivity index (χ0n) is 9.99. The summed E-state index contributed by atoms with van der Waals surface area (Å²) in [5.41, 5.74) is 2.51. The highest BCUT2D eigenvalue weighted by Crippen LogP contribution is 2.13. The van der Waals surface area contributed by atoms with E-state index in [1.165, 1.54) is 21.2 Å². The Morgan fingerprint density at radius 3 is 2.94 bits per heavy atom. The largest absolute Gasteiger partial charge is 0.381 e. The van der Waals surface area contributed by atoms with E-state index in [-0.39, 0.29) is 0 Å². The number of rotatable bonds is 5. The van der Waals surface area contributed by atoms with E-state index in [1.807, 2.05) is 0 Å². The first-order chi connectivity index (χ1) is 8.28. The monoisotopic (exact) mass is 340 g/mol. The third kappa shape index (κ3) is 3.77. The SMILES string of the molecule is CCCn1ccc(CNc2cccc(I)c2)c1. The minimum atomic E-state index is 0.886. The van der Waals surface area contributed by atoms with Gasteiger partial charge in [0.25, 0.3) is 0 Å². The topological polar surface area (TPSA) is 17.0 Å². The van der Waals surface area contributed by atoms with Crippen LogP contribution in [0, 0.1) is 3.57 Å². The normalized spacial score (nSPS) is 10.5.